The molecule has 1 aromatic heterocycles. The Morgan fingerprint density at radius 2 is 1.31 bits per heavy atom. The molecule has 32 heavy (non-hydrogen) atoms. The van der Waals surface area contributed by atoms with Gasteiger partial charge in [0.25, 0.3) is 16.1 Å². The van der Waals surface area contributed by atoms with Crippen LogP contribution in [-0.4, -0.2) is 36.3 Å². The predicted octanol–water partition coefficient (Wildman–Crippen LogP) is 0.444. The third kappa shape index (κ3) is 6.94. The minimum Gasteiger partial charge on any atom is -1.00 e. The van der Waals surface area contributed by atoms with E-state index in [1.807, 2.05) is 5.48 Å². The van der Waals surface area contributed by atoms with Crippen LogP contribution in [0.2, 0.25) is 10.6 Å². The number of rotatable bonds is 7. The van der Waals surface area contributed by atoms with Gasteiger partial charge in [-0.05, 0) is 46.5 Å². The maximum Gasteiger partial charge on any atom is 1.00 e. The molecule has 10 nitrogen and oxygen atoms in total. The molecule has 164 valence electrons. The van der Waals surface area contributed by atoms with E-state index in [9.17, 15) is 21.4 Å². The van der Waals surface area contributed by atoms with Crippen molar-refractivity contribution in [2.24, 2.45) is 0 Å². The molecule has 2 N–H and O–H groups in total. The van der Waals surface area contributed by atoms with Crippen molar-refractivity contribution >= 4 is 61.5 Å². The summed E-state index contributed by atoms with van der Waals surface area (Å²) in [7, 11) is -8.84. The molecule has 0 saturated carbocycles. The van der Waals surface area contributed by atoms with Gasteiger partial charge in [0.05, 0.1) is 0 Å². The zero-order chi connectivity index (χ0) is 22.6. The van der Waals surface area contributed by atoms with E-state index < -0.39 is 20.2 Å². The fraction of sp³-hybridized carbons (Fsp3) is 0. The summed E-state index contributed by atoms with van der Waals surface area (Å²) >= 11 is 11.3. The zero-order valence-electron chi connectivity index (χ0n) is 17.2. The number of hydrogen-bond donors (Lipinski definition) is 2. The van der Waals surface area contributed by atoms with Crippen molar-refractivity contribution in [1.29, 1.82) is 0 Å². The molecule has 15 heteroatoms. The summed E-state index contributed by atoms with van der Waals surface area (Å²) in [6.45, 7) is 0. The molecule has 0 radical (unpaired) electrons. The van der Waals surface area contributed by atoms with Crippen LogP contribution in [0.3, 0.4) is 0 Å². The summed E-state index contributed by atoms with van der Waals surface area (Å²) < 4.78 is 62.4. The van der Waals surface area contributed by atoms with E-state index >= 15 is 0 Å². The molecule has 2 aromatic carbocycles. The molecule has 3 aromatic rings. The zero-order valence-corrected chi connectivity index (χ0v) is 21.3. The van der Waals surface area contributed by atoms with Crippen LogP contribution in [0.25, 0.3) is 12.2 Å². The largest absolute Gasteiger partial charge is 1.00 e. The molecule has 0 unspecified atom stereocenters. The van der Waals surface area contributed by atoms with Gasteiger partial charge in [-0.3, -0.25) is 4.55 Å². The van der Waals surface area contributed by atoms with E-state index in [0.717, 1.165) is 0 Å². The second-order valence-corrected chi connectivity index (χ2v) is 9.30. The average Bonchev–Trinajstić information content (AvgIpc) is 2.70. The van der Waals surface area contributed by atoms with Gasteiger partial charge in [-0.15, -0.1) is 4.28 Å². The second-order valence-electron chi connectivity index (χ2n) is 5.72. The van der Waals surface area contributed by atoms with Crippen LogP contribution in [0.15, 0.2) is 58.3 Å². The fourth-order valence-electron chi connectivity index (χ4n) is 2.39. The van der Waals surface area contributed by atoms with Gasteiger partial charge in [0.2, 0.25) is 10.6 Å². The normalized spacial score (nSPS) is 11.8. The van der Waals surface area contributed by atoms with E-state index in [0.29, 0.717) is 0 Å². The van der Waals surface area contributed by atoms with Gasteiger partial charge in [-0.1, -0.05) is 48.6 Å². The van der Waals surface area contributed by atoms with Gasteiger partial charge in [-0.25, -0.2) is 5.48 Å². The molecule has 0 saturated heterocycles. The first-order chi connectivity index (χ1) is 14.6. The average molecular weight is 527 g/mol. The molecule has 0 spiro atoms. The van der Waals surface area contributed by atoms with Crippen molar-refractivity contribution in [3.8, 4) is 0 Å². The van der Waals surface area contributed by atoms with E-state index in [4.69, 9.17) is 27.5 Å². The van der Waals surface area contributed by atoms with Gasteiger partial charge >= 0.3 is 39.7 Å². The summed E-state index contributed by atoms with van der Waals surface area (Å²) in [4.78, 5) is 10.2. The van der Waals surface area contributed by atoms with Gasteiger partial charge in [0.1, 0.15) is 9.79 Å². The maximum atomic E-state index is 12.6. The topological polar surface area (TPSA) is 148 Å². The van der Waals surface area contributed by atoms with Crippen molar-refractivity contribution in [1.82, 2.24) is 15.0 Å². The van der Waals surface area contributed by atoms with Gasteiger partial charge in [-0.2, -0.15) is 31.8 Å². The molecule has 3 rings (SSSR count). The van der Waals surface area contributed by atoms with E-state index in [1.54, 1.807) is 12.1 Å². The number of nitrogens with zero attached hydrogens (tertiary/aromatic N) is 3. The van der Waals surface area contributed by atoms with Crippen LogP contribution in [0.5, 0.6) is 0 Å². The van der Waals surface area contributed by atoms with Crippen molar-refractivity contribution in [3.63, 3.8) is 0 Å². The van der Waals surface area contributed by atoms with Crippen LogP contribution in [0.1, 0.15) is 12.6 Å². The minimum atomic E-state index is -4.47. The summed E-state index contributed by atoms with van der Waals surface area (Å²) in [6.07, 6.45) is 2.70. The maximum absolute atomic E-state index is 12.6. The molecule has 1 heterocycles. The number of anilines is 1. The second kappa shape index (κ2) is 11.0. The SMILES string of the molecule is O=S(=O)(O)c1ccccc1C=Cc1ccccc1S(=O)(=O)ONc1nc(Cl)nc(Cl)n1.[H-].[Na+]. The Kier molecular flexibility index (Phi) is 9.16. The first-order valence-corrected chi connectivity index (χ1v) is 11.8. The molecule has 0 aliphatic heterocycles. The molecule has 0 fully saturated rings. The van der Waals surface area contributed by atoms with Gasteiger partial charge in [0.15, 0.2) is 0 Å². The van der Waals surface area contributed by atoms with E-state index in [-0.39, 0.29) is 68.4 Å². The molecule has 0 aliphatic carbocycles. The number of halogens is 2. The Labute approximate surface area is 217 Å². The summed E-state index contributed by atoms with van der Waals surface area (Å²) in [5, 5.41) is -0.548. The van der Waals surface area contributed by atoms with Gasteiger partial charge in [0, 0.05) is 0 Å². The molecule has 0 atom stereocenters. The number of hydrogen-bond acceptors (Lipinski definition) is 9. The quantitative estimate of drug-likeness (QED) is 0.192. The van der Waals surface area contributed by atoms with Crippen molar-refractivity contribution in [2.45, 2.75) is 9.79 Å². The third-order valence-electron chi connectivity index (χ3n) is 3.65. The molecule has 0 aliphatic rings. The molecular weight excluding hydrogens is 514 g/mol. The number of benzene rings is 2. The molecule has 0 amide bonds. The third-order valence-corrected chi connectivity index (χ3v) is 6.13. The smallest absolute Gasteiger partial charge is 1.00 e. The fourth-order valence-corrected chi connectivity index (χ4v) is 4.38. The number of nitrogens with one attached hydrogen (secondary N) is 1. The number of aromatic nitrogens is 3. The molecule has 0 bridgehead atoms. The van der Waals surface area contributed by atoms with Crippen LogP contribution >= 0.6 is 23.2 Å². The van der Waals surface area contributed by atoms with Crippen LogP contribution in [-0.2, 0) is 24.5 Å². The van der Waals surface area contributed by atoms with Gasteiger partial charge < -0.3 is 1.43 Å². The van der Waals surface area contributed by atoms with Crippen LogP contribution in [0, 0.1) is 0 Å². The van der Waals surface area contributed by atoms with Crippen LogP contribution < -0.4 is 35.0 Å². The standard InChI is InChI=1S/C17H12Cl2N4O6S2.Na.H/c18-15-20-16(19)22-17(21-15)23-29-31(27,28)14-8-4-2-6-12(14)10-9-11-5-1-3-7-13(11)30(24,25)26;;/h1-10H,(H,24,25,26)(H,20,21,22,23);;/q;+1;-1. The first kappa shape index (κ1) is 26.6. The summed E-state index contributed by atoms with van der Waals surface area (Å²) in [5.41, 5.74) is 2.38. The Balaban J connectivity index is 0.00000272. The Bertz CT molecular complexity index is 1360. The van der Waals surface area contributed by atoms with E-state index in [1.165, 1.54) is 48.6 Å². The van der Waals surface area contributed by atoms with E-state index in [2.05, 4.69) is 15.0 Å². The monoisotopic (exact) mass is 526 g/mol. The Morgan fingerprint density at radius 3 is 1.84 bits per heavy atom. The minimum absolute atomic E-state index is 0. The Hall–Kier alpha value is -1.61. The summed E-state index contributed by atoms with van der Waals surface area (Å²) in [5.74, 6) is -0.330. The van der Waals surface area contributed by atoms with Crippen LogP contribution in [0.4, 0.5) is 5.95 Å². The predicted molar refractivity (Wildman–Crippen MR) is 114 cm³/mol. The van der Waals surface area contributed by atoms with Crippen molar-refractivity contribution < 1.29 is 56.7 Å². The first-order valence-electron chi connectivity index (χ1n) is 8.16. The molecular formula is C17H13Cl2N4NaO6S2. The Morgan fingerprint density at radius 1 is 0.844 bits per heavy atom. The van der Waals surface area contributed by atoms with Crippen molar-refractivity contribution in [3.05, 3.63) is 70.2 Å². The summed E-state index contributed by atoms with van der Waals surface area (Å²) in [6, 6.07) is 11.5. The van der Waals surface area contributed by atoms with Crippen molar-refractivity contribution in [2.75, 3.05) is 5.48 Å².